The van der Waals surface area contributed by atoms with Gasteiger partial charge in [0, 0.05) is 5.75 Å². The first-order chi connectivity index (χ1) is 14.8. The van der Waals surface area contributed by atoms with Gasteiger partial charge in [-0.25, -0.2) is 18.4 Å². The fourth-order valence-corrected chi connectivity index (χ4v) is 5.79. The number of nitrogens with zero attached hydrogens (tertiary/aromatic N) is 4. The minimum atomic E-state index is -3.87. The average Bonchev–Trinajstić information content (AvgIpc) is 3.15. The second-order valence-electron chi connectivity index (χ2n) is 6.63. The minimum absolute atomic E-state index is 0.0611. The third-order valence-corrected chi connectivity index (χ3v) is 7.81. The van der Waals surface area contributed by atoms with Gasteiger partial charge < -0.3 is 0 Å². The summed E-state index contributed by atoms with van der Waals surface area (Å²) in [7, 11) is -3.87. The van der Waals surface area contributed by atoms with Gasteiger partial charge in [0.2, 0.25) is 20.1 Å². The number of unbranched alkanes of at least 4 members (excludes halogenated alkanes) is 1. The smallest absolute Gasteiger partial charge is 0.277 e. The van der Waals surface area contributed by atoms with Crippen LogP contribution in [0.1, 0.15) is 41.4 Å². The Bertz CT molecular complexity index is 1180. The van der Waals surface area contributed by atoms with Crippen molar-refractivity contribution in [2.45, 2.75) is 41.9 Å². The Morgan fingerprint density at radius 2 is 2.10 bits per heavy atom. The Morgan fingerprint density at radius 1 is 1.29 bits per heavy atom. The number of aromatic nitrogens is 4. The van der Waals surface area contributed by atoms with Crippen molar-refractivity contribution in [1.29, 1.82) is 0 Å². The van der Waals surface area contributed by atoms with Gasteiger partial charge in [-0.15, -0.1) is 10.2 Å². The lowest BCUT2D eigenvalue weighted by molar-refractivity contribution is 0.102. The third kappa shape index (κ3) is 6.45. The number of carbonyl (C=O) groups excluding carboxylic acids is 1. The fourth-order valence-electron chi connectivity index (χ4n) is 2.52. The molecule has 0 saturated carbocycles. The lowest BCUT2D eigenvalue weighted by Crippen LogP contribution is -2.18. The monoisotopic (exact) mass is 497 g/mol. The van der Waals surface area contributed by atoms with Crippen LogP contribution in [0, 0.1) is 6.92 Å². The Balaban J connectivity index is 1.76. The number of anilines is 1. The molecule has 0 aliphatic heterocycles. The molecular weight excluding hydrogens is 478 g/mol. The summed E-state index contributed by atoms with van der Waals surface area (Å²) >= 11 is 8.85. The molecule has 0 fully saturated rings. The van der Waals surface area contributed by atoms with Crippen LogP contribution in [0.25, 0.3) is 0 Å². The van der Waals surface area contributed by atoms with E-state index in [-0.39, 0.29) is 21.6 Å². The molecule has 0 aliphatic rings. The van der Waals surface area contributed by atoms with Crippen LogP contribution in [-0.2, 0) is 15.6 Å². The maximum absolute atomic E-state index is 12.8. The van der Waals surface area contributed by atoms with E-state index in [1.807, 2.05) is 13.0 Å². The van der Waals surface area contributed by atoms with Crippen LogP contribution in [0.2, 0.25) is 5.02 Å². The quantitative estimate of drug-likeness (QED) is 0.200. The highest BCUT2D eigenvalue weighted by Crippen LogP contribution is 2.27. The molecule has 1 aromatic carbocycles. The Morgan fingerprint density at radius 3 is 2.84 bits per heavy atom. The van der Waals surface area contributed by atoms with E-state index in [4.69, 9.17) is 11.6 Å². The number of hydrogen-bond acceptors (Lipinski definition) is 9. The largest absolute Gasteiger partial charge is 0.295 e. The predicted octanol–water partition coefficient (Wildman–Crippen LogP) is 4.41. The molecule has 0 atom stereocenters. The maximum atomic E-state index is 12.8. The molecule has 31 heavy (non-hydrogen) atoms. The average molecular weight is 498 g/mol. The molecule has 0 aliphatic carbocycles. The van der Waals surface area contributed by atoms with Crippen LogP contribution >= 0.6 is 34.7 Å². The molecule has 12 heteroatoms. The molecule has 0 saturated heterocycles. The van der Waals surface area contributed by atoms with Crippen molar-refractivity contribution in [2.24, 2.45) is 0 Å². The van der Waals surface area contributed by atoms with E-state index in [1.165, 1.54) is 11.3 Å². The SMILES string of the molecule is CCCCSc1nnc(NC(=O)c2nc(S(=O)(=O)Cc3cccc(C)c3)ncc2Cl)s1. The number of hydrogen-bond donors (Lipinski definition) is 1. The van der Waals surface area contributed by atoms with Crippen molar-refractivity contribution in [3.05, 3.63) is 52.3 Å². The third-order valence-electron chi connectivity index (χ3n) is 4.00. The second kappa shape index (κ2) is 10.5. The van der Waals surface area contributed by atoms with Crippen molar-refractivity contribution < 1.29 is 13.2 Å². The molecule has 0 bridgehead atoms. The van der Waals surface area contributed by atoms with E-state index in [2.05, 4.69) is 32.4 Å². The molecule has 2 heterocycles. The summed E-state index contributed by atoms with van der Waals surface area (Å²) in [4.78, 5) is 20.4. The summed E-state index contributed by atoms with van der Waals surface area (Å²) in [6.07, 6.45) is 3.25. The Kier molecular flexibility index (Phi) is 7.98. The minimum Gasteiger partial charge on any atom is -0.295 e. The van der Waals surface area contributed by atoms with E-state index in [1.54, 1.807) is 30.0 Å². The first kappa shape index (κ1) is 23.6. The molecule has 0 spiro atoms. The van der Waals surface area contributed by atoms with Crippen LogP contribution in [-0.4, -0.2) is 40.2 Å². The molecule has 8 nitrogen and oxygen atoms in total. The van der Waals surface area contributed by atoms with Crippen LogP contribution < -0.4 is 5.32 Å². The van der Waals surface area contributed by atoms with Crippen molar-refractivity contribution in [3.8, 4) is 0 Å². The van der Waals surface area contributed by atoms with Gasteiger partial charge in [-0.1, -0.05) is 77.9 Å². The highest BCUT2D eigenvalue weighted by molar-refractivity contribution is 8.01. The second-order valence-corrected chi connectivity index (χ2v) is 11.2. The van der Waals surface area contributed by atoms with Crippen molar-refractivity contribution in [3.63, 3.8) is 0 Å². The topological polar surface area (TPSA) is 115 Å². The summed E-state index contributed by atoms with van der Waals surface area (Å²) in [6, 6.07) is 7.13. The van der Waals surface area contributed by atoms with Crippen molar-refractivity contribution >= 4 is 55.6 Å². The molecule has 3 rings (SSSR count). The summed E-state index contributed by atoms with van der Waals surface area (Å²) in [6.45, 7) is 3.98. The van der Waals surface area contributed by atoms with Crippen LogP contribution in [0.4, 0.5) is 5.13 Å². The number of rotatable bonds is 9. The molecule has 2 aromatic heterocycles. The molecule has 3 aromatic rings. The maximum Gasteiger partial charge on any atom is 0.277 e. The zero-order valence-electron chi connectivity index (χ0n) is 16.8. The van der Waals surface area contributed by atoms with Gasteiger partial charge in [0.15, 0.2) is 10.0 Å². The number of sulfone groups is 1. The first-order valence-corrected chi connectivity index (χ1v) is 13.2. The number of amides is 1. The Hall–Kier alpha value is -2.08. The Labute approximate surface area is 193 Å². The zero-order chi connectivity index (χ0) is 22.4. The van der Waals surface area contributed by atoms with E-state index < -0.39 is 20.9 Å². The summed E-state index contributed by atoms with van der Waals surface area (Å²) in [5.41, 5.74) is 1.30. The first-order valence-electron chi connectivity index (χ1n) is 9.37. The zero-order valence-corrected chi connectivity index (χ0v) is 20.0. The summed E-state index contributed by atoms with van der Waals surface area (Å²) in [5.74, 6) is -0.0499. The van der Waals surface area contributed by atoms with Gasteiger partial charge in [0.1, 0.15) is 0 Å². The highest BCUT2D eigenvalue weighted by Gasteiger charge is 2.23. The fraction of sp³-hybridized carbons (Fsp3) is 0.316. The van der Waals surface area contributed by atoms with Crippen LogP contribution in [0.15, 0.2) is 40.0 Å². The number of benzene rings is 1. The van der Waals surface area contributed by atoms with Gasteiger partial charge in [0.05, 0.1) is 17.0 Å². The standard InChI is InChI=1S/C19H20ClN5O3S3/c1-3-4-8-29-19-25-24-17(30-19)23-16(26)15-14(20)10-21-18(22-15)31(27,28)11-13-7-5-6-12(2)9-13/h5-7,9-10H,3-4,8,11H2,1-2H3,(H,23,24,26). The van der Waals surface area contributed by atoms with Gasteiger partial charge in [-0.3, -0.25) is 10.1 Å². The highest BCUT2D eigenvalue weighted by atomic mass is 35.5. The van der Waals surface area contributed by atoms with Gasteiger partial charge >= 0.3 is 0 Å². The normalized spacial score (nSPS) is 11.5. The number of thioether (sulfide) groups is 1. The lowest BCUT2D eigenvalue weighted by atomic mass is 10.2. The summed E-state index contributed by atoms with van der Waals surface area (Å²) < 4.78 is 26.3. The van der Waals surface area contributed by atoms with E-state index in [0.717, 1.165) is 34.7 Å². The van der Waals surface area contributed by atoms with E-state index in [9.17, 15) is 13.2 Å². The number of aryl methyl sites for hydroxylation is 1. The number of carbonyl (C=O) groups is 1. The van der Waals surface area contributed by atoms with E-state index >= 15 is 0 Å². The number of nitrogens with one attached hydrogen (secondary N) is 1. The lowest BCUT2D eigenvalue weighted by Gasteiger charge is -2.07. The van der Waals surface area contributed by atoms with Gasteiger partial charge in [0.25, 0.3) is 5.91 Å². The molecule has 164 valence electrons. The number of halogens is 1. The molecule has 0 unspecified atom stereocenters. The molecule has 0 radical (unpaired) electrons. The van der Waals surface area contributed by atoms with Crippen LogP contribution in [0.3, 0.4) is 0 Å². The van der Waals surface area contributed by atoms with Crippen LogP contribution in [0.5, 0.6) is 0 Å². The van der Waals surface area contributed by atoms with Crippen molar-refractivity contribution in [2.75, 3.05) is 11.1 Å². The molecule has 1 amide bonds. The van der Waals surface area contributed by atoms with Gasteiger partial charge in [-0.05, 0) is 18.9 Å². The van der Waals surface area contributed by atoms with Gasteiger partial charge in [-0.2, -0.15) is 0 Å². The van der Waals surface area contributed by atoms with Crippen molar-refractivity contribution in [1.82, 2.24) is 20.2 Å². The predicted molar refractivity (Wildman–Crippen MR) is 123 cm³/mol. The molecular formula is C19H20ClN5O3S3. The molecule has 1 N–H and O–H groups in total. The van der Waals surface area contributed by atoms with E-state index in [0.29, 0.717) is 5.56 Å². The summed E-state index contributed by atoms with van der Waals surface area (Å²) in [5, 5.41) is 10.3.